The van der Waals surface area contributed by atoms with E-state index in [-0.39, 0.29) is 6.42 Å². The number of carbonyl (C=O) groups is 1. The summed E-state index contributed by atoms with van der Waals surface area (Å²) in [5.41, 5.74) is 2.64. The predicted molar refractivity (Wildman–Crippen MR) is 83.8 cm³/mol. The number of quaternary nitrogens is 1. The van der Waals surface area contributed by atoms with Gasteiger partial charge in [0, 0.05) is 12.4 Å². The second-order valence-electron chi connectivity index (χ2n) is 5.54. The van der Waals surface area contributed by atoms with Gasteiger partial charge in [0.25, 0.3) is 0 Å². The Labute approximate surface area is 131 Å². The summed E-state index contributed by atoms with van der Waals surface area (Å²) in [6.45, 7) is 1.61. The summed E-state index contributed by atoms with van der Waals surface area (Å²) in [5, 5.41) is 10.8. The van der Waals surface area contributed by atoms with Crippen molar-refractivity contribution >= 4 is 5.97 Å². The van der Waals surface area contributed by atoms with Gasteiger partial charge in [-0.25, -0.2) is 0 Å². The molecule has 2 aromatic carbocycles. The second-order valence-corrected chi connectivity index (χ2v) is 5.54. The van der Waals surface area contributed by atoms with Crippen molar-refractivity contribution in [3.63, 3.8) is 0 Å². The Kier molecular flexibility index (Phi) is 5.55. The Hall–Kier alpha value is -2.33. The van der Waals surface area contributed by atoms with Crippen LogP contribution in [0.25, 0.3) is 11.1 Å². The molecule has 0 aliphatic heterocycles. The number of aliphatic carboxylic acids is 1. The SMILES string of the molecule is C[NH+](C)CCOc1ccc(-c2ccccc2CC(=O)[O-])cc1. The smallest absolute Gasteiger partial charge is 0.137 e. The molecule has 0 aromatic heterocycles. The van der Waals surface area contributed by atoms with Crippen LogP contribution in [0.15, 0.2) is 48.5 Å². The van der Waals surface area contributed by atoms with Crippen LogP contribution in [-0.4, -0.2) is 33.2 Å². The highest BCUT2D eigenvalue weighted by molar-refractivity contribution is 5.75. The lowest BCUT2D eigenvalue weighted by Gasteiger charge is -2.12. The number of hydrogen-bond acceptors (Lipinski definition) is 3. The third-order valence-electron chi connectivity index (χ3n) is 3.39. The first kappa shape index (κ1) is 16.0. The van der Waals surface area contributed by atoms with Gasteiger partial charge in [-0.15, -0.1) is 0 Å². The standard InChI is InChI=1S/C18H21NO3/c1-19(2)11-12-22-16-9-7-14(8-10-16)17-6-4-3-5-15(17)13-18(20)21/h3-10H,11-13H2,1-2H3,(H,20,21). The Morgan fingerprint density at radius 3 is 2.41 bits per heavy atom. The molecule has 4 heteroatoms. The number of rotatable bonds is 7. The molecule has 0 unspecified atom stereocenters. The molecule has 2 rings (SSSR count). The number of benzene rings is 2. The van der Waals surface area contributed by atoms with E-state index in [0.29, 0.717) is 6.61 Å². The van der Waals surface area contributed by atoms with E-state index in [9.17, 15) is 9.90 Å². The number of carboxylic acids is 1. The maximum atomic E-state index is 10.8. The number of nitrogens with one attached hydrogen (secondary N) is 1. The van der Waals surface area contributed by atoms with Gasteiger partial charge in [0.05, 0.1) is 14.1 Å². The number of ether oxygens (including phenoxy) is 1. The van der Waals surface area contributed by atoms with Crippen molar-refractivity contribution in [1.82, 2.24) is 0 Å². The van der Waals surface area contributed by atoms with Gasteiger partial charge < -0.3 is 19.5 Å². The lowest BCUT2D eigenvalue weighted by atomic mass is 9.98. The normalized spacial score (nSPS) is 10.7. The van der Waals surface area contributed by atoms with Crippen LogP contribution in [0, 0.1) is 0 Å². The molecule has 0 heterocycles. The van der Waals surface area contributed by atoms with E-state index in [2.05, 4.69) is 14.1 Å². The van der Waals surface area contributed by atoms with Gasteiger partial charge >= 0.3 is 0 Å². The Bertz CT molecular complexity index is 620. The van der Waals surface area contributed by atoms with Gasteiger partial charge in [-0.1, -0.05) is 36.4 Å². The van der Waals surface area contributed by atoms with Crippen LogP contribution in [0.1, 0.15) is 5.56 Å². The minimum Gasteiger partial charge on any atom is -0.550 e. The average Bonchev–Trinajstić information content (AvgIpc) is 2.48. The highest BCUT2D eigenvalue weighted by Gasteiger charge is 2.05. The molecule has 1 N–H and O–H groups in total. The summed E-state index contributed by atoms with van der Waals surface area (Å²) in [6, 6.07) is 15.2. The van der Waals surface area contributed by atoms with Crippen LogP contribution in [0.4, 0.5) is 0 Å². The lowest BCUT2D eigenvalue weighted by molar-refractivity contribution is -0.858. The molecule has 0 amide bonds. The van der Waals surface area contributed by atoms with E-state index >= 15 is 0 Å². The molecule has 0 saturated carbocycles. The molecule has 116 valence electrons. The molecule has 0 aliphatic carbocycles. The van der Waals surface area contributed by atoms with E-state index < -0.39 is 5.97 Å². The highest BCUT2D eigenvalue weighted by atomic mass is 16.5. The third-order valence-corrected chi connectivity index (χ3v) is 3.39. The van der Waals surface area contributed by atoms with Gasteiger partial charge in [-0.2, -0.15) is 0 Å². The van der Waals surface area contributed by atoms with Crippen molar-refractivity contribution in [2.24, 2.45) is 0 Å². The van der Waals surface area contributed by atoms with Crippen LogP contribution in [-0.2, 0) is 11.2 Å². The van der Waals surface area contributed by atoms with Gasteiger partial charge in [0.1, 0.15) is 18.9 Å². The maximum Gasteiger partial charge on any atom is 0.137 e. The predicted octanol–water partition coefficient (Wildman–Crippen LogP) is 0.169. The minimum absolute atomic E-state index is 0.0833. The van der Waals surface area contributed by atoms with Gasteiger partial charge in [-0.05, 0) is 28.8 Å². The number of likely N-dealkylation sites (N-methyl/N-ethyl adjacent to an activating group) is 1. The van der Waals surface area contributed by atoms with E-state index in [1.807, 2.05) is 48.5 Å². The molecule has 0 radical (unpaired) electrons. The Balaban J connectivity index is 2.12. The highest BCUT2D eigenvalue weighted by Crippen LogP contribution is 2.26. The van der Waals surface area contributed by atoms with E-state index in [4.69, 9.17) is 4.74 Å². The molecule has 22 heavy (non-hydrogen) atoms. The van der Waals surface area contributed by atoms with Crippen molar-refractivity contribution in [2.45, 2.75) is 6.42 Å². The number of carboxylic acid groups (broad SMARTS) is 1. The quantitative estimate of drug-likeness (QED) is 0.793. The first-order valence-electron chi connectivity index (χ1n) is 7.36. The zero-order chi connectivity index (χ0) is 15.9. The molecule has 4 nitrogen and oxygen atoms in total. The fraction of sp³-hybridized carbons (Fsp3) is 0.278. The summed E-state index contributed by atoms with van der Waals surface area (Å²) in [6.07, 6.45) is -0.0833. The summed E-state index contributed by atoms with van der Waals surface area (Å²) in [4.78, 5) is 12.2. The summed E-state index contributed by atoms with van der Waals surface area (Å²) >= 11 is 0. The monoisotopic (exact) mass is 299 g/mol. The summed E-state index contributed by atoms with van der Waals surface area (Å²) in [7, 11) is 4.17. The molecule has 0 bridgehead atoms. The van der Waals surface area contributed by atoms with Gasteiger partial charge in [0.2, 0.25) is 0 Å². The minimum atomic E-state index is -1.07. The van der Waals surface area contributed by atoms with E-state index in [0.717, 1.165) is 29.0 Å². The molecule has 0 aliphatic rings. The van der Waals surface area contributed by atoms with Crippen LogP contribution in [0.5, 0.6) is 5.75 Å². The van der Waals surface area contributed by atoms with Gasteiger partial charge in [-0.3, -0.25) is 0 Å². The zero-order valence-corrected chi connectivity index (χ0v) is 13.0. The van der Waals surface area contributed by atoms with Crippen molar-refractivity contribution < 1.29 is 19.5 Å². The first-order valence-corrected chi connectivity index (χ1v) is 7.36. The number of carbonyl (C=O) groups excluding carboxylic acids is 1. The van der Waals surface area contributed by atoms with Crippen LogP contribution >= 0.6 is 0 Å². The van der Waals surface area contributed by atoms with E-state index in [1.54, 1.807) is 0 Å². The molecule has 0 atom stereocenters. The van der Waals surface area contributed by atoms with Crippen LogP contribution in [0.2, 0.25) is 0 Å². The maximum absolute atomic E-state index is 10.8. The summed E-state index contributed by atoms with van der Waals surface area (Å²) in [5.74, 6) is -0.249. The Morgan fingerprint density at radius 2 is 1.77 bits per heavy atom. The van der Waals surface area contributed by atoms with Crippen molar-refractivity contribution in [2.75, 3.05) is 27.2 Å². The third kappa shape index (κ3) is 4.60. The topological polar surface area (TPSA) is 53.8 Å². The molecule has 0 spiro atoms. The van der Waals surface area contributed by atoms with Crippen molar-refractivity contribution in [3.8, 4) is 16.9 Å². The Morgan fingerprint density at radius 1 is 1.09 bits per heavy atom. The number of hydrogen-bond donors (Lipinski definition) is 1. The molecule has 0 saturated heterocycles. The largest absolute Gasteiger partial charge is 0.550 e. The van der Waals surface area contributed by atoms with Gasteiger partial charge in [0.15, 0.2) is 0 Å². The molecular weight excluding hydrogens is 278 g/mol. The summed E-state index contributed by atoms with van der Waals surface area (Å²) < 4.78 is 5.68. The van der Waals surface area contributed by atoms with Crippen LogP contribution in [0.3, 0.4) is 0 Å². The average molecular weight is 299 g/mol. The lowest BCUT2D eigenvalue weighted by Crippen LogP contribution is -3.06. The molecule has 0 fully saturated rings. The van der Waals surface area contributed by atoms with E-state index in [1.165, 1.54) is 4.90 Å². The molecule has 2 aromatic rings. The zero-order valence-electron chi connectivity index (χ0n) is 13.0. The second kappa shape index (κ2) is 7.61. The fourth-order valence-corrected chi connectivity index (χ4v) is 2.22. The van der Waals surface area contributed by atoms with Crippen LogP contribution < -0.4 is 14.7 Å². The first-order chi connectivity index (χ1) is 10.6. The van der Waals surface area contributed by atoms with Crippen molar-refractivity contribution in [3.05, 3.63) is 54.1 Å². The fourth-order valence-electron chi connectivity index (χ4n) is 2.22. The molecular formula is C18H21NO3. The van der Waals surface area contributed by atoms with Crippen molar-refractivity contribution in [1.29, 1.82) is 0 Å².